The van der Waals surface area contributed by atoms with Crippen LogP contribution in [0.5, 0.6) is 5.75 Å². The lowest BCUT2D eigenvalue weighted by Gasteiger charge is -2.28. The van der Waals surface area contributed by atoms with Gasteiger partial charge in [0.2, 0.25) is 5.91 Å². The van der Waals surface area contributed by atoms with E-state index in [2.05, 4.69) is 10.4 Å². The van der Waals surface area contributed by atoms with Crippen LogP contribution in [0, 0.1) is 5.82 Å². The molecule has 0 aliphatic heterocycles. The molecule has 1 fully saturated rings. The normalized spacial score (nSPS) is 15.2. The van der Waals surface area contributed by atoms with E-state index >= 15 is 0 Å². The van der Waals surface area contributed by atoms with Crippen LogP contribution >= 0.6 is 0 Å². The Morgan fingerprint density at radius 2 is 1.93 bits per heavy atom. The van der Waals surface area contributed by atoms with Crippen molar-refractivity contribution in [1.29, 1.82) is 0 Å². The number of amides is 1. The summed E-state index contributed by atoms with van der Waals surface area (Å²) in [6.07, 6.45) is 5.28. The Hall–Kier alpha value is -3.15. The summed E-state index contributed by atoms with van der Waals surface area (Å²) in [4.78, 5) is 13.1. The van der Waals surface area contributed by atoms with Gasteiger partial charge in [0.25, 0.3) is 0 Å². The van der Waals surface area contributed by atoms with Crippen LogP contribution in [0.25, 0.3) is 5.69 Å². The van der Waals surface area contributed by atoms with Crippen molar-refractivity contribution in [2.24, 2.45) is 0 Å². The third-order valence-corrected chi connectivity index (χ3v) is 5.68. The highest BCUT2D eigenvalue weighted by atomic mass is 19.1. The summed E-state index contributed by atoms with van der Waals surface area (Å²) in [7, 11) is 1.63. The summed E-state index contributed by atoms with van der Waals surface area (Å²) in [5.41, 5.74) is 1.79. The molecule has 1 heterocycles. The Morgan fingerprint density at radius 1 is 1.17 bits per heavy atom. The van der Waals surface area contributed by atoms with Crippen LogP contribution in [-0.2, 0) is 16.8 Å². The van der Waals surface area contributed by atoms with Gasteiger partial charge in [0.1, 0.15) is 11.6 Å². The average molecular weight is 393 g/mol. The molecule has 4 rings (SSSR count). The van der Waals surface area contributed by atoms with Gasteiger partial charge in [-0.05, 0) is 60.9 Å². The lowest BCUT2D eigenvalue weighted by Crippen LogP contribution is -2.42. The highest BCUT2D eigenvalue weighted by molar-refractivity contribution is 5.88. The van der Waals surface area contributed by atoms with E-state index in [1.54, 1.807) is 17.9 Å². The highest BCUT2D eigenvalue weighted by Gasteiger charge is 2.42. The molecule has 6 heteroatoms. The van der Waals surface area contributed by atoms with Crippen molar-refractivity contribution in [3.05, 3.63) is 77.9 Å². The van der Waals surface area contributed by atoms with Gasteiger partial charge < -0.3 is 10.1 Å². The number of nitrogens with zero attached hydrogens (tertiary/aromatic N) is 2. The quantitative estimate of drug-likeness (QED) is 0.685. The molecule has 1 aliphatic rings. The fourth-order valence-electron chi connectivity index (χ4n) is 4.09. The van der Waals surface area contributed by atoms with Crippen molar-refractivity contribution >= 4 is 5.91 Å². The zero-order chi connectivity index (χ0) is 20.3. The second kappa shape index (κ2) is 8.07. The summed E-state index contributed by atoms with van der Waals surface area (Å²) in [5, 5.41) is 7.57. The van der Waals surface area contributed by atoms with Crippen LogP contribution in [-0.4, -0.2) is 22.8 Å². The standard InChI is InChI=1S/C23H24FN3O2/c1-29-21-9-7-20(8-10-21)27-14-11-19(26-27)16-25-22(28)23(12-2-3-13-23)17-5-4-6-18(24)15-17/h4-11,14-15H,2-3,12-13,16H2,1H3,(H,25,28). The van der Waals surface area contributed by atoms with Crippen LogP contribution in [0.4, 0.5) is 4.39 Å². The predicted octanol–water partition coefficient (Wildman–Crippen LogP) is 4.15. The Bertz CT molecular complexity index is 991. The van der Waals surface area contributed by atoms with Crippen LogP contribution in [0.1, 0.15) is 36.9 Å². The SMILES string of the molecule is COc1ccc(-n2ccc(CNC(=O)C3(c4cccc(F)c4)CCCC3)n2)cc1. The van der Waals surface area contributed by atoms with Crippen LogP contribution in [0.2, 0.25) is 0 Å². The molecular formula is C23H24FN3O2. The summed E-state index contributed by atoms with van der Waals surface area (Å²) in [6.45, 7) is 0.332. The van der Waals surface area contributed by atoms with E-state index in [9.17, 15) is 9.18 Å². The summed E-state index contributed by atoms with van der Waals surface area (Å²) in [6, 6.07) is 15.9. The van der Waals surface area contributed by atoms with Gasteiger partial charge >= 0.3 is 0 Å². The monoisotopic (exact) mass is 393 g/mol. The van der Waals surface area contributed by atoms with Crippen molar-refractivity contribution in [2.45, 2.75) is 37.6 Å². The van der Waals surface area contributed by atoms with E-state index in [4.69, 9.17) is 4.74 Å². The molecule has 29 heavy (non-hydrogen) atoms. The van der Waals surface area contributed by atoms with E-state index in [0.29, 0.717) is 6.54 Å². The summed E-state index contributed by atoms with van der Waals surface area (Å²) >= 11 is 0. The third kappa shape index (κ3) is 3.88. The Balaban J connectivity index is 1.47. The van der Waals surface area contributed by atoms with Crippen molar-refractivity contribution in [1.82, 2.24) is 15.1 Å². The van der Waals surface area contributed by atoms with Gasteiger partial charge in [-0.15, -0.1) is 0 Å². The van der Waals surface area contributed by atoms with E-state index in [-0.39, 0.29) is 11.7 Å². The maximum Gasteiger partial charge on any atom is 0.230 e. The molecule has 150 valence electrons. The van der Waals surface area contributed by atoms with Gasteiger partial charge in [0.05, 0.1) is 30.5 Å². The zero-order valence-corrected chi connectivity index (χ0v) is 16.4. The number of rotatable bonds is 6. The van der Waals surface area contributed by atoms with Gasteiger partial charge in [-0.3, -0.25) is 4.79 Å². The Morgan fingerprint density at radius 3 is 2.62 bits per heavy atom. The number of ether oxygens (including phenoxy) is 1. The smallest absolute Gasteiger partial charge is 0.230 e. The number of halogens is 1. The first-order valence-corrected chi connectivity index (χ1v) is 9.84. The van der Waals surface area contributed by atoms with E-state index in [1.807, 2.05) is 42.6 Å². The minimum Gasteiger partial charge on any atom is -0.497 e. The minimum absolute atomic E-state index is 0.0559. The largest absolute Gasteiger partial charge is 0.497 e. The number of carbonyl (C=O) groups excluding carboxylic acids is 1. The van der Waals surface area contributed by atoms with Crippen LogP contribution in [0.3, 0.4) is 0 Å². The Kier molecular flexibility index (Phi) is 5.34. The van der Waals surface area contributed by atoms with Gasteiger partial charge in [-0.2, -0.15) is 5.10 Å². The number of hydrogen-bond donors (Lipinski definition) is 1. The molecule has 0 radical (unpaired) electrons. The lowest BCUT2D eigenvalue weighted by atomic mass is 9.78. The maximum atomic E-state index is 13.8. The summed E-state index contributed by atoms with van der Waals surface area (Å²) in [5.74, 6) is 0.423. The first kappa shape index (κ1) is 19.2. The lowest BCUT2D eigenvalue weighted by molar-refractivity contribution is -0.126. The topological polar surface area (TPSA) is 56.1 Å². The summed E-state index contributed by atoms with van der Waals surface area (Å²) < 4.78 is 20.7. The predicted molar refractivity (Wildman–Crippen MR) is 109 cm³/mol. The first-order valence-electron chi connectivity index (χ1n) is 9.84. The second-order valence-corrected chi connectivity index (χ2v) is 7.43. The third-order valence-electron chi connectivity index (χ3n) is 5.68. The maximum absolute atomic E-state index is 13.8. The van der Waals surface area contributed by atoms with Crippen molar-refractivity contribution < 1.29 is 13.9 Å². The van der Waals surface area contributed by atoms with Gasteiger partial charge in [0, 0.05) is 6.20 Å². The molecular weight excluding hydrogens is 369 g/mol. The van der Waals surface area contributed by atoms with E-state index in [0.717, 1.165) is 48.4 Å². The van der Waals surface area contributed by atoms with Gasteiger partial charge in [-0.25, -0.2) is 9.07 Å². The molecule has 0 bridgehead atoms. The molecule has 1 amide bonds. The first-order chi connectivity index (χ1) is 14.1. The number of aromatic nitrogens is 2. The molecule has 2 aromatic carbocycles. The molecule has 3 aromatic rings. The number of hydrogen-bond acceptors (Lipinski definition) is 3. The van der Waals surface area contributed by atoms with Gasteiger partial charge in [0.15, 0.2) is 0 Å². The number of benzene rings is 2. The fraction of sp³-hybridized carbons (Fsp3) is 0.304. The van der Waals surface area contributed by atoms with E-state index < -0.39 is 5.41 Å². The minimum atomic E-state index is -0.652. The Labute approximate surface area is 169 Å². The second-order valence-electron chi connectivity index (χ2n) is 7.43. The molecule has 5 nitrogen and oxygen atoms in total. The number of carbonyl (C=O) groups is 1. The van der Waals surface area contributed by atoms with Crippen molar-refractivity contribution in [3.8, 4) is 11.4 Å². The molecule has 1 aromatic heterocycles. The van der Waals surface area contributed by atoms with Gasteiger partial charge in [-0.1, -0.05) is 25.0 Å². The van der Waals surface area contributed by atoms with Crippen LogP contribution in [0.15, 0.2) is 60.8 Å². The van der Waals surface area contributed by atoms with Crippen molar-refractivity contribution in [3.63, 3.8) is 0 Å². The zero-order valence-electron chi connectivity index (χ0n) is 16.4. The van der Waals surface area contributed by atoms with E-state index in [1.165, 1.54) is 12.1 Å². The highest BCUT2D eigenvalue weighted by Crippen LogP contribution is 2.41. The number of methoxy groups -OCH3 is 1. The van der Waals surface area contributed by atoms with Crippen molar-refractivity contribution in [2.75, 3.05) is 7.11 Å². The molecule has 1 saturated carbocycles. The molecule has 1 aliphatic carbocycles. The molecule has 0 spiro atoms. The average Bonchev–Trinajstić information content (AvgIpc) is 3.43. The number of nitrogens with one attached hydrogen (secondary N) is 1. The fourth-order valence-corrected chi connectivity index (χ4v) is 4.09. The van der Waals surface area contributed by atoms with Crippen LogP contribution < -0.4 is 10.1 Å². The molecule has 0 atom stereocenters. The molecule has 1 N–H and O–H groups in total. The molecule has 0 unspecified atom stereocenters. The molecule has 0 saturated heterocycles.